The lowest BCUT2D eigenvalue weighted by Crippen LogP contribution is -2.53. The Morgan fingerprint density at radius 1 is 1.35 bits per heavy atom. The Kier molecular flexibility index (Phi) is 7.17. The summed E-state index contributed by atoms with van der Waals surface area (Å²) in [6.45, 7) is 9.59. The van der Waals surface area contributed by atoms with E-state index in [4.69, 9.17) is 4.74 Å². The summed E-state index contributed by atoms with van der Waals surface area (Å²) in [5, 5.41) is 11.2. The van der Waals surface area contributed by atoms with Crippen LogP contribution in [0, 0.1) is 5.92 Å². The van der Waals surface area contributed by atoms with Gasteiger partial charge in [0.05, 0.1) is 16.0 Å². The summed E-state index contributed by atoms with van der Waals surface area (Å²) in [6, 6.07) is -0.875. The van der Waals surface area contributed by atoms with Crippen molar-refractivity contribution in [3.8, 4) is 0 Å². The van der Waals surface area contributed by atoms with Gasteiger partial charge in [-0.05, 0) is 26.2 Å². The van der Waals surface area contributed by atoms with E-state index in [9.17, 15) is 14.7 Å². The van der Waals surface area contributed by atoms with Crippen LogP contribution in [0.5, 0.6) is 0 Å². The van der Waals surface area contributed by atoms with Gasteiger partial charge in [-0.25, -0.2) is 9.78 Å². The number of ether oxygens (including phenoxy) is 1. The largest absolute Gasteiger partial charge is 0.444 e. The number of nitrogens with zero attached hydrogens (tertiary/aromatic N) is 2. The summed E-state index contributed by atoms with van der Waals surface area (Å²) < 4.78 is 5.47. The molecule has 6 nitrogen and oxygen atoms in total. The summed E-state index contributed by atoms with van der Waals surface area (Å²) in [4.78, 5) is 32.1. The van der Waals surface area contributed by atoms with Crippen LogP contribution in [0.1, 0.15) is 69.7 Å². The van der Waals surface area contributed by atoms with Gasteiger partial charge in [-0.15, -0.1) is 11.3 Å². The van der Waals surface area contributed by atoms with Crippen LogP contribution in [0.3, 0.4) is 0 Å². The lowest BCUT2D eigenvalue weighted by atomic mass is 9.93. The topological polar surface area (TPSA) is 79.7 Å². The second kappa shape index (κ2) is 8.95. The van der Waals surface area contributed by atoms with Gasteiger partial charge in [-0.1, -0.05) is 27.7 Å². The molecule has 0 spiro atoms. The van der Waals surface area contributed by atoms with Gasteiger partial charge < -0.3 is 9.84 Å². The van der Waals surface area contributed by atoms with Crippen LogP contribution in [0.4, 0.5) is 4.79 Å². The Morgan fingerprint density at radius 3 is 2.46 bits per heavy atom. The predicted octanol–water partition coefficient (Wildman–Crippen LogP) is 3.73. The number of ketones is 1. The van der Waals surface area contributed by atoms with E-state index in [1.165, 1.54) is 16.2 Å². The van der Waals surface area contributed by atoms with E-state index in [2.05, 4.69) is 18.8 Å². The SMILES string of the molecule is CCC(C)C(=O)C(C(C)O)N(C(=O)OCc1cnc(C(C)C)s1)C1CC1. The van der Waals surface area contributed by atoms with Crippen molar-refractivity contribution in [2.75, 3.05) is 0 Å². The molecular weight excluding hydrogens is 352 g/mol. The van der Waals surface area contributed by atoms with E-state index < -0.39 is 18.2 Å². The first-order valence-electron chi connectivity index (χ1n) is 9.37. The first-order valence-corrected chi connectivity index (χ1v) is 10.2. The first kappa shape index (κ1) is 20.8. The number of carbonyl (C=O) groups is 2. The van der Waals surface area contributed by atoms with Crippen molar-refractivity contribution in [2.45, 2.75) is 84.6 Å². The van der Waals surface area contributed by atoms with Crippen molar-refractivity contribution in [3.63, 3.8) is 0 Å². The smallest absolute Gasteiger partial charge is 0.411 e. The van der Waals surface area contributed by atoms with Crippen LogP contribution < -0.4 is 0 Å². The third-order valence-electron chi connectivity index (χ3n) is 4.70. The summed E-state index contributed by atoms with van der Waals surface area (Å²) in [7, 11) is 0. The molecule has 3 atom stereocenters. The van der Waals surface area contributed by atoms with Crippen molar-refractivity contribution in [1.82, 2.24) is 9.88 Å². The number of aliphatic hydroxyl groups excluding tert-OH is 1. The lowest BCUT2D eigenvalue weighted by Gasteiger charge is -2.33. The summed E-state index contributed by atoms with van der Waals surface area (Å²) in [6.07, 6.45) is 2.61. The number of aliphatic hydroxyl groups is 1. The van der Waals surface area contributed by atoms with Gasteiger partial charge in [0.1, 0.15) is 12.6 Å². The summed E-state index contributed by atoms with van der Waals surface area (Å²) >= 11 is 1.53. The second-order valence-corrected chi connectivity index (χ2v) is 8.56. The summed E-state index contributed by atoms with van der Waals surface area (Å²) in [5.74, 6) is 0.0187. The molecule has 1 N–H and O–H groups in total. The van der Waals surface area contributed by atoms with Gasteiger partial charge in [0.15, 0.2) is 5.78 Å². The van der Waals surface area contributed by atoms with Crippen molar-refractivity contribution in [3.05, 3.63) is 16.1 Å². The van der Waals surface area contributed by atoms with Crippen LogP contribution >= 0.6 is 11.3 Å². The highest BCUT2D eigenvalue weighted by Crippen LogP contribution is 2.32. The highest BCUT2D eigenvalue weighted by Gasteiger charge is 2.44. The number of carbonyl (C=O) groups excluding carboxylic acids is 2. The number of hydrogen-bond donors (Lipinski definition) is 1. The molecule has 1 fully saturated rings. The molecule has 1 aliphatic carbocycles. The minimum Gasteiger partial charge on any atom is -0.444 e. The van der Waals surface area contributed by atoms with Gasteiger partial charge in [0, 0.05) is 24.1 Å². The maximum atomic E-state index is 12.7. The van der Waals surface area contributed by atoms with Gasteiger partial charge in [0.2, 0.25) is 0 Å². The number of Topliss-reactive ketones (excluding diaryl/α,β-unsaturated/α-hetero) is 1. The third kappa shape index (κ3) is 5.04. The van der Waals surface area contributed by atoms with Gasteiger partial charge >= 0.3 is 6.09 Å². The van der Waals surface area contributed by atoms with Crippen molar-refractivity contribution >= 4 is 23.2 Å². The number of hydrogen-bond acceptors (Lipinski definition) is 6. The number of aromatic nitrogens is 1. The predicted molar refractivity (Wildman–Crippen MR) is 101 cm³/mol. The Bertz CT molecular complexity index is 625. The molecule has 1 aliphatic rings. The molecule has 1 saturated carbocycles. The molecule has 0 radical (unpaired) electrons. The Labute approximate surface area is 159 Å². The quantitative estimate of drug-likeness (QED) is 0.704. The van der Waals surface area contributed by atoms with E-state index >= 15 is 0 Å². The van der Waals surface area contributed by atoms with E-state index in [0.717, 1.165) is 22.7 Å². The first-order chi connectivity index (χ1) is 12.3. The van der Waals surface area contributed by atoms with Crippen LogP contribution in [-0.2, 0) is 16.1 Å². The second-order valence-electron chi connectivity index (χ2n) is 7.41. The number of thiazole rings is 1. The molecule has 3 unspecified atom stereocenters. The third-order valence-corrected chi connectivity index (χ3v) is 5.97. The van der Waals surface area contributed by atoms with Crippen molar-refractivity contribution < 1.29 is 19.4 Å². The van der Waals surface area contributed by atoms with Crippen LogP contribution in [-0.4, -0.2) is 45.1 Å². The summed E-state index contributed by atoms with van der Waals surface area (Å²) in [5.41, 5.74) is 0. The average molecular weight is 383 g/mol. The number of rotatable bonds is 9. The molecule has 2 rings (SSSR count). The van der Waals surface area contributed by atoms with Crippen molar-refractivity contribution in [1.29, 1.82) is 0 Å². The minimum absolute atomic E-state index is 0.0252. The Balaban J connectivity index is 2.09. The fraction of sp³-hybridized carbons (Fsp3) is 0.737. The zero-order valence-corrected chi connectivity index (χ0v) is 17.1. The van der Waals surface area contributed by atoms with Crippen LogP contribution in [0.25, 0.3) is 0 Å². The molecular formula is C19H30N2O4S. The molecule has 1 aromatic heterocycles. The maximum absolute atomic E-state index is 12.7. The molecule has 0 aliphatic heterocycles. The number of amides is 1. The fourth-order valence-corrected chi connectivity index (χ4v) is 3.64. The molecule has 0 bridgehead atoms. The molecule has 0 saturated heterocycles. The van der Waals surface area contributed by atoms with Crippen molar-refractivity contribution in [2.24, 2.45) is 5.92 Å². The molecule has 1 aromatic rings. The molecule has 146 valence electrons. The van der Waals surface area contributed by atoms with Gasteiger partial charge in [0.25, 0.3) is 0 Å². The lowest BCUT2D eigenvalue weighted by molar-refractivity contribution is -0.131. The van der Waals surface area contributed by atoms with E-state index in [-0.39, 0.29) is 24.3 Å². The zero-order chi connectivity index (χ0) is 19.4. The zero-order valence-electron chi connectivity index (χ0n) is 16.3. The monoisotopic (exact) mass is 382 g/mol. The van der Waals surface area contributed by atoms with Gasteiger partial charge in [-0.2, -0.15) is 0 Å². The standard InChI is InChI=1S/C19H30N2O4S/c1-6-12(4)17(23)16(13(5)22)21(14-7-8-14)19(24)25-10-15-9-20-18(26-15)11(2)3/h9,11-14,16,22H,6-8,10H2,1-5H3. The molecule has 7 heteroatoms. The van der Waals surface area contributed by atoms with Crippen LogP contribution in [0.15, 0.2) is 6.20 Å². The highest BCUT2D eigenvalue weighted by molar-refractivity contribution is 7.11. The Morgan fingerprint density at radius 2 is 2.00 bits per heavy atom. The average Bonchev–Trinajstić information content (AvgIpc) is 3.31. The maximum Gasteiger partial charge on any atom is 0.411 e. The van der Waals surface area contributed by atoms with E-state index in [0.29, 0.717) is 12.3 Å². The molecule has 1 amide bonds. The van der Waals surface area contributed by atoms with E-state index in [1.54, 1.807) is 13.1 Å². The minimum atomic E-state index is -0.930. The highest BCUT2D eigenvalue weighted by atomic mass is 32.1. The normalized spacial score (nSPS) is 17.7. The molecule has 1 heterocycles. The Hall–Kier alpha value is -1.47. The molecule has 26 heavy (non-hydrogen) atoms. The van der Waals surface area contributed by atoms with E-state index in [1.807, 2.05) is 13.8 Å². The van der Waals surface area contributed by atoms with Gasteiger partial charge in [-0.3, -0.25) is 9.69 Å². The molecule has 0 aromatic carbocycles. The fourth-order valence-electron chi connectivity index (χ4n) is 2.81. The van der Waals surface area contributed by atoms with Crippen LogP contribution in [0.2, 0.25) is 0 Å².